The molecule has 0 bridgehead atoms. The van der Waals surface area contributed by atoms with E-state index >= 15 is 0 Å². The highest BCUT2D eigenvalue weighted by atomic mass is 16.5. The number of ketones is 1. The summed E-state index contributed by atoms with van der Waals surface area (Å²) in [5, 5.41) is 0. The number of rotatable bonds is 5. The molecule has 0 aromatic heterocycles. The van der Waals surface area contributed by atoms with E-state index in [1.807, 2.05) is 61.2 Å². The van der Waals surface area contributed by atoms with Crippen molar-refractivity contribution in [3.8, 4) is 0 Å². The summed E-state index contributed by atoms with van der Waals surface area (Å²) < 4.78 is 5.11. The lowest BCUT2D eigenvalue weighted by atomic mass is 9.85. The van der Waals surface area contributed by atoms with Crippen LogP contribution in [0.5, 0.6) is 0 Å². The van der Waals surface area contributed by atoms with Gasteiger partial charge in [0.25, 0.3) is 0 Å². The van der Waals surface area contributed by atoms with E-state index < -0.39 is 17.9 Å². The molecule has 5 rings (SSSR count). The first-order chi connectivity index (χ1) is 15.4. The Kier molecular flexibility index (Phi) is 4.97. The van der Waals surface area contributed by atoms with Gasteiger partial charge < -0.3 is 9.64 Å². The van der Waals surface area contributed by atoms with E-state index in [0.717, 1.165) is 22.4 Å². The first-order valence-corrected chi connectivity index (χ1v) is 10.9. The lowest BCUT2D eigenvalue weighted by Gasteiger charge is -2.38. The molecule has 6 heteroatoms. The van der Waals surface area contributed by atoms with Gasteiger partial charge in [-0.1, -0.05) is 54.1 Å². The van der Waals surface area contributed by atoms with Crippen LogP contribution in [0.3, 0.4) is 0 Å². The fourth-order valence-electron chi connectivity index (χ4n) is 5.45. The summed E-state index contributed by atoms with van der Waals surface area (Å²) in [4.78, 5) is 44.1. The molecule has 2 saturated heterocycles. The number of carbonyl (C=O) groups is 3. The van der Waals surface area contributed by atoms with Gasteiger partial charge in [-0.2, -0.15) is 0 Å². The average Bonchev–Trinajstić information content (AvgIpc) is 3.25. The molecule has 0 spiro atoms. The summed E-state index contributed by atoms with van der Waals surface area (Å²) in [7, 11) is 1.54. The van der Waals surface area contributed by atoms with Gasteiger partial charge in [-0.15, -0.1) is 0 Å². The van der Waals surface area contributed by atoms with Crippen molar-refractivity contribution in [1.82, 2.24) is 4.90 Å². The molecular formula is C26H26N2O4. The van der Waals surface area contributed by atoms with Crippen LogP contribution in [0.15, 0.2) is 54.6 Å². The van der Waals surface area contributed by atoms with Crippen molar-refractivity contribution in [3.05, 3.63) is 71.3 Å². The van der Waals surface area contributed by atoms with Gasteiger partial charge in [0.1, 0.15) is 6.04 Å². The summed E-state index contributed by atoms with van der Waals surface area (Å²) >= 11 is 0. The largest absolute Gasteiger partial charge is 0.383 e. The topological polar surface area (TPSA) is 66.9 Å². The molecule has 2 amide bonds. The highest BCUT2D eigenvalue weighted by Gasteiger charge is 2.64. The predicted octanol–water partition coefficient (Wildman–Crippen LogP) is 3.10. The minimum absolute atomic E-state index is 0.125. The summed E-state index contributed by atoms with van der Waals surface area (Å²) in [6, 6.07) is 14.2. The van der Waals surface area contributed by atoms with Gasteiger partial charge in [0.15, 0.2) is 5.78 Å². The molecule has 2 aromatic rings. The van der Waals surface area contributed by atoms with Crippen molar-refractivity contribution in [1.29, 1.82) is 0 Å². The normalized spacial score (nSPS) is 26.0. The van der Waals surface area contributed by atoms with Crippen molar-refractivity contribution < 1.29 is 19.1 Å². The van der Waals surface area contributed by atoms with Gasteiger partial charge in [-0.3, -0.25) is 19.3 Å². The van der Waals surface area contributed by atoms with E-state index in [1.165, 1.54) is 4.90 Å². The second kappa shape index (κ2) is 7.71. The Hall–Kier alpha value is -3.25. The highest BCUT2D eigenvalue weighted by Crippen LogP contribution is 2.50. The average molecular weight is 431 g/mol. The van der Waals surface area contributed by atoms with E-state index in [4.69, 9.17) is 4.74 Å². The zero-order chi connectivity index (χ0) is 22.6. The lowest BCUT2D eigenvalue weighted by Crippen LogP contribution is -2.49. The van der Waals surface area contributed by atoms with Crippen LogP contribution in [0.4, 0.5) is 5.69 Å². The van der Waals surface area contributed by atoms with E-state index in [9.17, 15) is 14.4 Å². The Balaban J connectivity index is 1.64. The van der Waals surface area contributed by atoms with E-state index in [-0.39, 0.29) is 36.8 Å². The van der Waals surface area contributed by atoms with Crippen LogP contribution in [0.2, 0.25) is 0 Å². The molecule has 0 radical (unpaired) electrons. The van der Waals surface area contributed by atoms with Crippen LogP contribution < -0.4 is 4.90 Å². The summed E-state index contributed by atoms with van der Waals surface area (Å²) in [6.07, 6.45) is 2.05. The number of anilines is 1. The molecule has 0 N–H and O–H groups in total. The third-order valence-electron chi connectivity index (χ3n) is 6.97. The highest BCUT2D eigenvalue weighted by molar-refractivity contribution is 6.14. The Morgan fingerprint density at radius 2 is 1.66 bits per heavy atom. The van der Waals surface area contributed by atoms with Crippen molar-refractivity contribution >= 4 is 28.9 Å². The summed E-state index contributed by atoms with van der Waals surface area (Å²) in [5.41, 5.74) is 4.60. The number of imide groups is 1. The molecular weight excluding hydrogens is 404 g/mol. The zero-order valence-corrected chi connectivity index (χ0v) is 18.4. The van der Waals surface area contributed by atoms with Gasteiger partial charge in [0, 0.05) is 23.9 Å². The number of carbonyl (C=O) groups excluding carboxylic acids is 3. The van der Waals surface area contributed by atoms with Gasteiger partial charge >= 0.3 is 0 Å². The number of ether oxygens (including phenoxy) is 1. The number of likely N-dealkylation sites (tertiary alicyclic amines) is 1. The van der Waals surface area contributed by atoms with E-state index in [0.29, 0.717) is 5.56 Å². The van der Waals surface area contributed by atoms with Gasteiger partial charge in [0.2, 0.25) is 11.8 Å². The lowest BCUT2D eigenvalue weighted by molar-refractivity contribution is -0.141. The second-order valence-electron chi connectivity index (χ2n) is 8.81. The number of nitrogens with zero attached hydrogens (tertiary/aromatic N) is 2. The third kappa shape index (κ3) is 2.93. The molecule has 3 heterocycles. The number of methoxy groups -OCH3 is 1. The smallest absolute Gasteiger partial charge is 0.235 e. The number of Topliss-reactive ketones (excluding diaryl/α,β-unsaturated/α-hetero) is 1. The van der Waals surface area contributed by atoms with Crippen LogP contribution in [0.25, 0.3) is 5.57 Å². The second-order valence-corrected chi connectivity index (χ2v) is 8.81. The standard InChI is InChI=1S/C26H26N2O4/c1-15-8-10-17(11-9-15)24(29)23-22-21(25(30)27(26(22)31)12-13-32-3)20-14-16(2)18-6-4-5-7-19(18)28(20)23/h4-11,14,20-23H,12-13H2,1-3H3/t20-,21-,22-,23+/m0/s1. The monoisotopic (exact) mass is 430 g/mol. The molecule has 0 aliphatic carbocycles. The first-order valence-electron chi connectivity index (χ1n) is 10.9. The Morgan fingerprint density at radius 1 is 0.969 bits per heavy atom. The van der Waals surface area contributed by atoms with Gasteiger partial charge in [0.05, 0.1) is 31.0 Å². The molecule has 164 valence electrons. The minimum atomic E-state index is -0.734. The molecule has 32 heavy (non-hydrogen) atoms. The fraction of sp³-hybridized carbons (Fsp3) is 0.346. The van der Waals surface area contributed by atoms with Crippen LogP contribution in [0.1, 0.15) is 28.4 Å². The molecule has 3 aliphatic rings. The zero-order valence-electron chi connectivity index (χ0n) is 18.4. The fourth-order valence-corrected chi connectivity index (χ4v) is 5.45. The first kappa shape index (κ1) is 20.6. The molecule has 3 aliphatic heterocycles. The number of hydrogen-bond acceptors (Lipinski definition) is 5. The van der Waals surface area contributed by atoms with Crippen molar-refractivity contribution in [2.45, 2.75) is 25.9 Å². The van der Waals surface area contributed by atoms with Crippen molar-refractivity contribution in [2.75, 3.05) is 25.2 Å². The van der Waals surface area contributed by atoms with E-state index in [1.54, 1.807) is 19.2 Å². The maximum absolute atomic E-state index is 13.9. The van der Waals surface area contributed by atoms with Crippen molar-refractivity contribution in [3.63, 3.8) is 0 Å². The number of allylic oxidation sites excluding steroid dienone is 1. The number of hydrogen-bond donors (Lipinski definition) is 0. The molecule has 6 nitrogen and oxygen atoms in total. The Labute approximate surface area is 187 Å². The van der Waals surface area contributed by atoms with Crippen LogP contribution in [-0.4, -0.2) is 54.8 Å². The molecule has 0 saturated carbocycles. The Bertz CT molecular complexity index is 1140. The maximum Gasteiger partial charge on any atom is 0.235 e. The molecule has 2 fully saturated rings. The summed E-state index contributed by atoms with van der Waals surface area (Å²) in [6.45, 7) is 4.47. The number of aryl methyl sites for hydroxylation is 1. The Morgan fingerprint density at radius 3 is 2.38 bits per heavy atom. The van der Waals surface area contributed by atoms with Crippen LogP contribution >= 0.6 is 0 Å². The van der Waals surface area contributed by atoms with Crippen molar-refractivity contribution in [2.24, 2.45) is 11.8 Å². The summed E-state index contributed by atoms with van der Waals surface area (Å²) in [5.74, 6) is -1.91. The maximum atomic E-state index is 13.9. The number of amides is 2. The number of fused-ring (bicyclic) bond motifs is 5. The SMILES string of the molecule is COCCN1C(=O)[C@@H]2[C@H](C1=O)[C@H](C(=O)c1ccc(C)cc1)N1c3ccccc3C(C)=C[C@@H]21. The molecule has 2 aromatic carbocycles. The third-order valence-corrected chi connectivity index (χ3v) is 6.97. The van der Waals surface area contributed by atoms with Crippen LogP contribution in [0, 0.1) is 18.8 Å². The number of para-hydroxylation sites is 1. The molecule has 4 atom stereocenters. The van der Waals surface area contributed by atoms with Gasteiger partial charge in [-0.25, -0.2) is 0 Å². The predicted molar refractivity (Wildman–Crippen MR) is 121 cm³/mol. The molecule has 0 unspecified atom stereocenters. The minimum Gasteiger partial charge on any atom is -0.383 e. The number of benzene rings is 2. The van der Waals surface area contributed by atoms with E-state index in [2.05, 4.69) is 0 Å². The van der Waals surface area contributed by atoms with Gasteiger partial charge in [-0.05, 0) is 25.5 Å². The van der Waals surface area contributed by atoms with Crippen LogP contribution in [-0.2, 0) is 14.3 Å². The quantitative estimate of drug-likeness (QED) is 0.539.